The van der Waals surface area contributed by atoms with Crippen molar-refractivity contribution in [1.82, 2.24) is 10.3 Å². The van der Waals surface area contributed by atoms with Crippen LogP contribution in [0.5, 0.6) is 0 Å². The first kappa shape index (κ1) is 37.9. The smallest absolute Gasteiger partial charge is 0.378 e. The number of fused-ring (bicyclic) bond motifs is 1. The molecule has 1 aromatic heterocycles. The van der Waals surface area contributed by atoms with E-state index in [2.05, 4.69) is 64.6 Å². The monoisotopic (exact) mass is 769 g/mol. The van der Waals surface area contributed by atoms with E-state index in [9.17, 15) is 9.36 Å². The van der Waals surface area contributed by atoms with Gasteiger partial charge >= 0.3 is 7.82 Å². The summed E-state index contributed by atoms with van der Waals surface area (Å²) in [7, 11) is -3.92. The number of amides is 1. The number of hydrogen-bond acceptors (Lipinski definition) is 7. The maximum absolute atomic E-state index is 14.6. The molecule has 2 heterocycles. The zero-order chi connectivity index (χ0) is 38.4. The van der Waals surface area contributed by atoms with Gasteiger partial charge in [-0.05, 0) is 77.8 Å². The fourth-order valence-corrected chi connectivity index (χ4v) is 8.67. The van der Waals surface area contributed by atoms with Gasteiger partial charge in [-0.1, -0.05) is 109 Å². The molecule has 0 radical (unpaired) electrons. The molecule has 1 aliphatic carbocycles. The van der Waals surface area contributed by atoms with Gasteiger partial charge in [0.2, 0.25) is 5.91 Å². The van der Waals surface area contributed by atoms with Crippen molar-refractivity contribution in [3.63, 3.8) is 0 Å². The summed E-state index contributed by atoms with van der Waals surface area (Å²) in [5, 5.41) is 4.52. The first-order valence-electron chi connectivity index (χ1n) is 19.4. The minimum Gasteiger partial charge on any atom is -0.378 e. The van der Waals surface area contributed by atoms with Crippen molar-refractivity contribution in [3.05, 3.63) is 173 Å². The topological polar surface area (TPSA) is 102 Å². The van der Waals surface area contributed by atoms with Crippen LogP contribution in [0.2, 0.25) is 0 Å². The Balaban J connectivity index is 1.00. The lowest BCUT2D eigenvalue weighted by atomic mass is 9.90. The number of carbonyl (C=O) groups is 1. The lowest BCUT2D eigenvalue weighted by Crippen LogP contribution is -2.40. The van der Waals surface area contributed by atoms with E-state index in [-0.39, 0.29) is 31.8 Å². The average molecular weight is 770 g/mol. The van der Waals surface area contributed by atoms with Crippen LogP contribution in [0.15, 0.2) is 134 Å². The van der Waals surface area contributed by atoms with E-state index in [0.717, 1.165) is 75.9 Å². The molecule has 1 aliphatic heterocycles. The predicted molar refractivity (Wildman–Crippen MR) is 220 cm³/mol. The van der Waals surface area contributed by atoms with Crippen LogP contribution in [0, 0.1) is 6.92 Å². The number of hydrogen-bond donors (Lipinski definition) is 2. The SMILES string of the molecule is Cc1ccc(C(NC(=O)C2(c3ccc4[nH]cc(CCOP(=O)(OCc5ccccc5)OCc5ccccc5)c4c3)CC2)c2ccccc2)c(N2CCOCC2)c1. The van der Waals surface area contributed by atoms with E-state index in [1.54, 1.807) is 0 Å². The summed E-state index contributed by atoms with van der Waals surface area (Å²) in [5.41, 5.74) is 8.46. The summed E-state index contributed by atoms with van der Waals surface area (Å²) in [4.78, 5) is 20.3. The highest BCUT2D eigenvalue weighted by Crippen LogP contribution is 2.52. The molecule has 1 atom stereocenters. The van der Waals surface area contributed by atoms with Gasteiger partial charge in [0, 0.05) is 41.4 Å². The van der Waals surface area contributed by atoms with Crippen molar-refractivity contribution in [2.24, 2.45) is 0 Å². The van der Waals surface area contributed by atoms with Crippen molar-refractivity contribution in [3.8, 4) is 0 Å². The number of morpholine rings is 1. The second kappa shape index (κ2) is 17.0. The predicted octanol–water partition coefficient (Wildman–Crippen LogP) is 9.35. The van der Waals surface area contributed by atoms with Gasteiger partial charge < -0.3 is 19.9 Å². The molecule has 2 fully saturated rings. The van der Waals surface area contributed by atoms with E-state index < -0.39 is 13.2 Å². The Morgan fingerprint density at radius 1 is 0.821 bits per heavy atom. The highest BCUT2D eigenvalue weighted by atomic mass is 31.2. The van der Waals surface area contributed by atoms with Crippen molar-refractivity contribution >= 4 is 30.3 Å². The second-order valence-electron chi connectivity index (χ2n) is 14.7. The highest BCUT2D eigenvalue weighted by molar-refractivity contribution is 7.48. The lowest BCUT2D eigenvalue weighted by Gasteiger charge is -2.33. The second-order valence-corrected chi connectivity index (χ2v) is 16.4. The normalized spacial score (nSPS) is 15.8. The molecule has 288 valence electrons. The van der Waals surface area contributed by atoms with Crippen LogP contribution in [-0.4, -0.2) is 43.8 Å². The molecule has 5 aromatic carbocycles. The van der Waals surface area contributed by atoms with E-state index in [4.69, 9.17) is 18.3 Å². The number of carbonyl (C=O) groups excluding carboxylic acids is 1. The number of aromatic nitrogens is 1. The maximum Gasteiger partial charge on any atom is 0.475 e. The van der Waals surface area contributed by atoms with Gasteiger partial charge in [0.15, 0.2) is 0 Å². The number of H-pyrrole nitrogens is 1. The molecule has 10 heteroatoms. The molecule has 6 aromatic rings. The number of benzene rings is 5. The Hall–Kier alpha value is -5.02. The third kappa shape index (κ3) is 8.68. The zero-order valence-electron chi connectivity index (χ0n) is 31.7. The molecule has 1 unspecified atom stereocenters. The van der Waals surface area contributed by atoms with E-state index in [1.165, 1.54) is 5.56 Å². The minimum absolute atomic E-state index is 0.0201. The van der Waals surface area contributed by atoms with Crippen LogP contribution in [0.25, 0.3) is 10.9 Å². The highest BCUT2D eigenvalue weighted by Gasteiger charge is 2.52. The van der Waals surface area contributed by atoms with Crippen molar-refractivity contribution < 1.29 is 27.7 Å². The number of phosphoric ester groups is 1. The molecule has 0 spiro atoms. The molecule has 1 saturated carbocycles. The summed E-state index contributed by atoms with van der Waals surface area (Å²) in [6.45, 7) is 5.38. The van der Waals surface area contributed by atoms with E-state index in [0.29, 0.717) is 19.6 Å². The number of phosphoric acid groups is 1. The fraction of sp³-hybridized carbons (Fsp3) is 0.283. The molecule has 2 N–H and O–H groups in total. The number of aromatic amines is 1. The number of aryl methyl sites for hydroxylation is 1. The largest absolute Gasteiger partial charge is 0.475 e. The molecule has 1 saturated heterocycles. The van der Waals surface area contributed by atoms with Gasteiger partial charge in [-0.2, -0.15) is 0 Å². The Bertz CT molecular complexity index is 2240. The molecule has 1 amide bonds. The number of ether oxygens (including phenoxy) is 1. The molecule has 8 rings (SSSR count). The third-order valence-electron chi connectivity index (χ3n) is 10.8. The number of nitrogens with one attached hydrogen (secondary N) is 2. The van der Waals surface area contributed by atoms with Gasteiger partial charge in [0.1, 0.15) is 0 Å². The van der Waals surface area contributed by atoms with Crippen LogP contribution < -0.4 is 10.2 Å². The number of nitrogens with zero attached hydrogens (tertiary/aromatic N) is 1. The quantitative estimate of drug-likeness (QED) is 0.0947. The Labute approximate surface area is 328 Å². The molecule has 56 heavy (non-hydrogen) atoms. The zero-order valence-corrected chi connectivity index (χ0v) is 32.6. The standard InChI is InChI=1S/C46H48N3O6P/c1-34-17-19-40(43(29-34)49-24-27-52-28-25-49)44(37-15-9-4-10-16-37)48-45(50)46(22-23-46)39-18-20-42-41(30-39)38(31-47-42)21-26-53-56(51,54-32-35-11-5-2-6-12-35)55-33-36-13-7-3-8-14-36/h2-20,29-31,44,47H,21-28,32-33H2,1H3,(H,48,50). The minimum atomic E-state index is -3.92. The van der Waals surface area contributed by atoms with Crippen LogP contribution in [0.4, 0.5) is 5.69 Å². The third-order valence-corrected chi connectivity index (χ3v) is 12.2. The van der Waals surface area contributed by atoms with Gasteiger partial charge in [-0.25, -0.2) is 4.57 Å². The summed E-state index contributed by atoms with van der Waals surface area (Å²) in [6, 6.07) is 41.8. The van der Waals surface area contributed by atoms with E-state index >= 15 is 0 Å². The lowest BCUT2D eigenvalue weighted by molar-refractivity contribution is -0.124. The van der Waals surface area contributed by atoms with Crippen molar-refractivity contribution in [2.45, 2.75) is 50.9 Å². The van der Waals surface area contributed by atoms with E-state index in [1.807, 2.05) is 91.1 Å². The summed E-state index contributed by atoms with van der Waals surface area (Å²) < 4.78 is 37.2. The van der Waals surface area contributed by atoms with Gasteiger partial charge in [0.05, 0.1) is 44.5 Å². The summed E-state index contributed by atoms with van der Waals surface area (Å²) in [6.07, 6.45) is 3.94. The van der Waals surface area contributed by atoms with Gasteiger partial charge in [0.25, 0.3) is 0 Å². The molecular formula is C46H48N3O6P. The van der Waals surface area contributed by atoms with Gasteiger partial charge in [-0.15, -0.1) is 0 Å². The Morgan fingerprint density at radius 3 is 2.11 bits per heavy atom. The summed E-state index contributed by atoms with van der Waals surface area (Å²) in [5.74, 6) is 0.0201. The first-order chi connectivity index (χ1) is 27.4. The summed E-state index contributed by atoms with van der Waals surface area (Å²) >= 11 is 0. The number of rotatable bonds is 16. The van der Waals surface area contributed by atoms with Crippen LogP contribution in [-0.2, 0) is 52.7 Å². The van der Waals surface area contributed by atoms with Crippen LogP contribution >= 0.6 is 7.82 Å². The van der Waals surface area contributed by atoms with Crippen LogP contribution in [0.1, 0.15) is 57.8 Å². The molecule has 2 aliphatic rings. The number of anilines is 1. The van der Waals surface area contributed by atoms with Gasteiger partial charge in [-0.3, -0.25) is 18.4 Å². The van der Waals surface area contributed by atoms with Crippen molar-refractivity contribution in [2.75, 3.05) is 37.8 Å². The molecule has 9 nitrogen and oxygen atoms in total. The maximum atomic E-state index is 14.6. The Morgan fingerprint density at radius 2 is 1.46 bits per heavy atom. The molecular weight excluding hydrogens is 721 g/mol. The average Bonchev–Trinajstić information content (AvgIpc) is 3.97. The Kier molecular flexibility index (Phi) is 11.5. The fourth-order valence-electron chi connectivity index (χ4n) is 7.52. The van der Waals surface area contributed by atoms with Crippen LogP contribution in [0.3, 0.4) is 0 Å². The molecule has 0 bridgehead atoms. The van der Waals surface area contributed by atoms with Crippen molar-refractivity contribution in [1.29, 1.82) is 0 Å². The first-order valence-corrected chi connectivity index (χ1v) is 20.9.